The largest absolute Gasteiger partial charge is 0.378 e. The molecule has 0 aliphatic heterocycles. The third kappa shape index (κ3) is 8.45. The molecule has 3 atom stereocenters. The highest BCUT2D eigenvalue weighted by Crippen LogP contribution is 2.23. The zero-order valence-corrected chi connectivity index (χ0v) is 20.2. The van der Waals surface area contributed by atoms with Crippen molar-refractivity contribution >= 4 is 52.1 Å². The number of rotatable bonds is 9. The van der Waals surface area contributed by atoms with E-state index in [1.165, 1.54) is 6.07 Å². The Bertz CT molecular complexity index is 704. The number of nitrogens with zero attached hydrogens (tertiary/aromatic N) is 2. The Morgan fingerprint density at radius 1 is 1.31 bits per heavy atom. The summed E-state index contributed by atoms with van der Waals surface area (Å²) in [5.74, 6) is 1.45. The summed E-state index contributed by atoms with van der Waals surface area (Å²) >= 11 is 0. The van der Waals surface area contributed by atoms with Crippen LogP contribution in [-0.4, -0.2) is 51.8 Å². The summed E-state index contributed by atoms with van der Waals surface area (Å²) in [6, 6.07) is 6.87. The van der Waals surface area contributed by atoms with Crippen molar-refractivity contribution in [2.24, 2.45) is 4.99 Å². The van der Waals surface area contributed by atoms with E-state index in [2.05, 4.69) is 20.9 Å². The lowest BCUT2D eigenvalue weighted by molar-refractivity contribution is -0.384. The first-order valence-electron chi connectivity index (χ1n) is 9.94. The van der Waals surface area contributed by atoms with Gasteiger partial charge in [-0.15, -0.1) is 24.0 Å². The normalized spacial score (nSPS) is 20.3. The fourth-order valence-electron chi connectivity index (χ4n) is 3.40. The van der Waals surface area contributed by atoms with E-state index in [-0.39, 0.29) is 41.0 Å². The maximum Gasteiger partial charge on any atom is 0.292 e. The predicted molar refractivity (Wildman–Crippen MR) is 131 cm³/mol. The summed E-state index contributed by atoms with van der Waals surface area (Å²) in [6.07, 6.45) is 4.06. The van der Waals surface area contributed by atoms with Crippen LogP contribution in [0.4, 0.5) is 11.4 Å². The lowest BCUT2D eigenvalue weighted by Gasteiger charge is -2.30. The summed E-state index contributed by atoms with van der Waals surface area (Å²) in [7, 11) is -0.752. The SMILES string of the molecule is CCNC(=NCCNc1ccccc1[N+](=O)[O-])NC1CCCC(S(=O)CC)C1.I. The highest BCUT2D eigenvalue weighted by atomic mass is 127. The second-order valence-electron chi connectivity index (χ2n) is 6.76. The van der Waals surface area contributed by atoms with Crippen molar-refractivity contribution in [1.82, 2.24) is 10.6 Å². The van der Waals surface area contributed by atoms with Gasteiger partial charge in [-0.2, -0.15) is 0 Å². The first kappa shape index (κ1) is 25.6. The number of nitro groups is 1. The quantitative estimate of drug-likeness (QED) is 0.112. The van der Waals surface area contributed by atoms with Crippen LogP contribution in [0.3, 0.4) is 0 Å². The number of para-hydroxylation sites is 2. The van der Waals surface area contributed by atoms with Crippen LogP contribution in [0, 0.1) is 10.1 Å². The molecule has 164 valence electrons. The number of guanidine groups is 1. The molecule has 1 aromatic rings. The Balaban J connectivity index is 0.00000420. The predicted octanol–water partition coefficient (Wildman–Crippen LogP) is 3.26. The van der Waals surface area contributed by atoms with E-state index >= 15 is 0 Å². The van der Waals surface area contributed by atoms with Crippen LogP contribution in [0.5, 0.6) is 0 Å². The molecule has 0 spiro atoms. The molecule has 0 radical (unpaired) electrons. The van der Waals surface area contributed by atoms with Crippen LogP contribution in [0.25, 0.3) is 0 Å². The molecule has 2 rings (SSSR count). The van der Waals surface area contributed by atoms with E-state index in [1.807, 2.05) is 13.8 Å². The number of hydrogen-bond donors (Lipinski definition) is 3. The molecule has 8 nitrogen and oxygen atoms in total. The van der Waals surface area contributed by atoms with Gasteiger partial charge in [0.15, 0.2) is 5.96 Å². The van der Waals surface area contributed by atoms with E-state index in [4.69, 9.17) is 0 Å². The number of anilines is 1. The van der Waals surface area contributed by atoms with Crippen LogP contribution < -0.4 is 16.0 Å². The highest BCUT2D eigenvalue weighted by Gasteiger charge is 2.26. The molecule has 1 aliphatic rings. The van der Waals surface area contributed by atoms with Crippen molar-refractivity contribution in [2.45, 2.75) is 50.8 Å². The number of hydrogen-bond acceptors (Lipinski definition) is 5. The maximum atomic E-state index is 12.1. The van der Waals surface area contributed by atoms with Crippen molar-refractivity contribution in [2.75, 3.05) is 30.7 Å². The van der Waals surface area contributed by atoms with E-state index in [0.717, 1.165) is 38.2 Å². The molecular formula is C19H32IN5O3S. The minimum absolute atomic E-state index is 0. The van der Waals surface area contributed by atoms with Gasteiger partial charge >= 0.3 is 0 Å². The van der Waals surface area contributed by atoms with Gasteiger partial charge in [-0.3, -0.25) is 19.3 Å². The highest BCUT2D eigenvalue weighted by molar-refractivity contribution is 14.0. The molecule has 0 heterocycles. The minimum Gasteiger partial charge on any atom is -0.378 e. The molecule has 1 fully saturated rings. The number of nitrogens with one attached hydrogen (secondary N) is 3. The molecule has 3 unspecified atom stereocenters. The number of benzene rings is 1. The van der Waals surface area contributed by atoms with Gasteiger partial charge in [0.2, 0.25) is 0 Å². The van der Waals surface area contributed by atoms with E-state index in [0.29, 0.717) is 24.5 Å². The third-order valence-corrected chi connectivity index (χ3v) is 6.51. The fourth-order valence-corrected chi connectivity index (χ4v) is 4.75. The van der Waals surface area contributed by atoms with E-state index < -0.39 is 15.7 Å². The Kier molecular flexibility index (Phi) is 12.1. The number of aliphatic imine (C=N–C) groups is 1. The standard InChI is InChI=1S/C19H31N5O3S.HI/c1-3-20-19(23-15-8-7-9-16(14-15)28(27)4-2)22-13-12-21-17-10-5-6-11-18(17)24(25)26;/h5-6,10-11,15-16,21H,3-4,7-9,12-14H2,1-2H3,(H2,20,22,23);1H. The summed E-state index contributed by atoms with van der Waals surface area (Å²) in [4.78, 5) is 15.2. The second-order valence-corrected chi connectivity index (χ2v) is 8.77. The number of nitro benzene ring substituents is 1. The Labute approximate surface area is 192 Å². The van der Waals surface area contributed by atoms with E-state index in [1.54, 1.807) is 18.2 Å². The average Bonchev–Trinajstić information content (AvgIpc) is 2.71. The Morgan fingerprint density at radius 2 is 2.07 bits per heavy atom. The molecule has 1 saturated carbocycles. The van der Waals surface area contributed by atoms with Crippen LogP contribution in [0.1, 0.15) is 39.5 Å². The van der Waals surface area contributed by atoms with Crippen molar-refractivity contribution < 1.29 is 9.13 Å². The number of halogens is 1. The molecular weight excluding hydrogens is 505 g/mol. The van der Waals surface area contributed by atoms with Crippen molar-refractivity contribution in [3.05, 3.63) is 34.4 Å². The van der Waals surface area contributed by atoms with Crippen LogP contribution in [0.2, 0.25) is 0 Å². The van der Waals surface area contributed by atoms with Crippen molar-refractivity contribution in [3.8, 4) is 0 Å². The van der Waals surface area contributed by atoms with Crippen LogP contribution in [-0.2, 0) is 10.8 Å². The molecule has 3 N–H and O–H groups in total. The summed E-state index contributed by atoms with van der Waals surface area (Å²) in [5, 5.41) is 21.1. The lowest BCUT2D eigenvalue weighted by atomic mass is 9.95. The van der Waals surface area contributed by atoms with Crippen molar-refractivity contribution in [3.63, 3.8) is 0 Å². The zero-order chi connectivity index (χ0) is 20.4. The van der Waals surface area contributed by atoms with Crippen LogP contribution >= 0.6 is 24.0 Å². The molecule has 1 aliphatic carbocycles. The van der Waals surface area contributed by atoms with Gasteiger partial charge in [0.05, 0.1) is 11.5 Å². The fraction of sp³-hybridized carbons (Fsp3) is 0.632. The molecule has 0 amide bonds. The van der Waals surface area contributed by atoms with Crippen molar-refractivity contribution in [1.29, 1.82) is 0 Å². The summed E-state index contributed by atoms with van der Waals surface area (Å²) < 4.78 is 12.1. The molecule has 0 aromatic heterocycles. The first-order valence-corrected chi connectivity index (χ1v) is 11.3. The Morgan fingerprint density at radius 3 is 2.76 bits per heavy atom. The van der Waals surface area contributed by atoms with Gasteiger partial charge in [0, 0.05) is 47.0 Å². The van der Waals surface area contributed by atoms with Gasteiger partial charge in [0.1, 0.15) is 5.69 Å². The van der Waals surface area contributed by atoms with Gasteiger partial charge in [-0.25, -0.2) is 0 Å². The first-order chi connectivity index (χ1) is 13.5. The molecule has 29 heavy (non-hydrogen) atoms. The zero-order valence-electron chi connectivity index (χ0n) is 17.1. The van der Waals surface area contributed by atoms with Crippen LogP contribution in [0.15, 0.2) is 29.3 Å². The smallest absolute Gasteiger partial charge is 0.292 e. The molecule has 1 aromatic carbocycles. The monoisotopic (exact) mass is 537 g/mol. The van der Waals surface area contributed by atoms with Gasteiger partial charge in [0.25, 0.3) is 5.69 Å². The molecule has 0 saturated heterocycles. The topological polar surface area (TPSA) is 109 Å². The van der Waals surface area contributed by atoms with E-state index in [9.17, 15) is 14.3 Å². The molecule has 0 bridgehead atoms. The minimum atomic E-state index is -0.752. The third-order valence-electron chi connectivity index (χ3n) is 4.77. The summed E-state index contributed by atoms with van der Waals surface area (Å²) in [6.45, 7) is 5.72. The van der Waals surface area contributed by atoms with Gasteiger partial charge in [-0.05, 0) is 32.3 Å². The average molecular weight is 537 g/mol. The maximum absolute atomic E-state index is 12.1. The Hall–Kier alpha value is -1.43. The summed E-state index contributed by atoms with van der Waals surface area (Å²) in [5.41, 5.74) is 0.562. The van der Waals surface area contributed by atoms with Gasteiger partial charge < -0.3 is 16.0 Å². The van der Waals surface area contributed by atoms with Gasteiger partial charge in [-0.1, -0.05) is 25.5 Å². The second kappa shape index (κ2) is 13.7. The molecule has 10 heteroatoms. The lowest BCUT2D eigenvalue weighted by Crippen LogP contribution is -2.46.